The van der Waals surface area contributed by atoms with Crippen molar-refractivity contribution in [2.24, 2.45) is 4.99 Å². The zero-order valence-corrected chi connectivity index (χ0v) is 10.3. The van der Waals surface area contributed by atoms with E-state index in [0.29, 0.717) is 0 Å². The van der Waals surface area contributed by atoms with Crippen LogP contribution in [-0.4, -0.2) is 37.4 Å². The van der Waals surface area contributed by atoms with Gasteiger partial charge in [0.2, 0.25) is 5.13 Å². The number of hydrogen-bond donors (Lipinski definition) is 0. The topological polar surface area (TPSA) is 37.7 Å². The van der Waals surface area contributed by atoms with E-state index in [1.54, 1.807) is 24.8 Å². The predicted molar refractivity (Wildman–Crippen MR) is 68.0 cm³/mol. The van der Waals surface area contributed by atoms with Crippen LogP contribution < -0.4 is 4.74 Å². The molecule has 0 aliphatic rings. The van der Waals surface area contributed by atoms with Crippen molar-refractivity contribution >= 4 is 33.0 Å². The third-order valence-electron chi connectivity index (χ3n) is 1.98. The molecule has 0 radical (unpaired) electrons. The molecule has 4 nitrogen and oxygen atoms in total. The first kappa shape index (κ1) is 10.9. The maximum atomic E-state index is 5.15. The molecule has 0 spiro atoms. The largest absolute Gasteiger partial charge is 0.497 e. The average Bonchev–Trinajstić information content (AvgIpc) is 2.67. The van der Waals surface area contributed by atoms with Gasteiger partial charge in [-0.25, -0.2) is 9.98 Å². The van der Waals surface area contributed by atoms with E-state index < -0.39 is 0 Å². The van der Waals surface area contributed by atoms with Gasteiger partial charge in [-0.3, -0.25) is 0 Å². The van der Waals surface area contributed by atoms with E-state index in [1.807, 2.05) is 37.2 Å². The molecule has 1 heterocycles. The number of thiazole rings is 1. The lowest BCUT2D eigenvalue weighted by molar-refractivity contribution is 0.415. The summed E-state index contributed by atoms with van der Waals surface area (Å²) in [5.41, 5.74) is 0.926. The first-order valence-corrected chi connectivity index (χ1v) is 5.66. The molecule has 0 aliphatic carbocycles. The minimum absolute atomic E-state index is 0.761. The number of benzene rings is 1. The SMILES string of the molecule is COc1ccc2sc(N=CN(C)C)nc2c1. The number of hydrogen-bond acceptors (Lipinski definition) is 4. The molecule has 2 rings (SSSR count). The minimum atomic E-state index is 0.761. The first-order chi connectivity index (χ1) is 7.69. The Morgan fingerprint density at radius 2 is 2.25 bits per heavy atom. The van der Waals surface area contributed by atoms with Crippen molar-refractivity contribution in [3.8, 4) is 5.75 Å². The van der Waals surface area contributed by atoms with Gasteiger partial charge in [0.15, 0.2) is 0 Å². The zero-order valence-electron chi connectivity index (χ0n) is 9.47. The average molecular weight is 235 g/mol. The fourth-order valence-electron chi connectivity index (χ4n) is 1.24. The van der Waals surface area contributed by atoms with Crippen LogP contribution in [0.5, 0.6) is 5.75 Å². The quantitative estimate of drug-likeness (QED) is 0.606. The smallest absolute Gasteiger partial charge is 0.211 e. The van der Waals surface area contributed by atoms with Gasteiger partial charge in [-0.15, -0.1) is 0 Å². The molecular formula is C11H13N3OS. The Hall–Kier alpha value is -1.62. The molecule has 0 bridgehead atoms. The summed E-state index contributed by atoms with van der Waals surface area (Å²) >= 11 is 1.57. The summed E-state index contributed by atoms with van der Waals surface area (Å²) in [5, 5.41) is 0.761. The predicted octanol–water partition coefficient (Wildman–Crippen LogP) is 2.53. The molecule has 0 unspecified atom stereocenters. The lowest BCUT2D eigenvalue weighted by atomic mass is 10.3. The maximum Gasteiger partial charge on any atom is 0.211 e. The highest BCUT2D eigenvalue weighted by Gasteiger charge is 2.03. The van der Waals surface area contributed by atoms with Gasteiger partial charge in [0.25, 0.3) is 0 Å². The van der Waals surface area contributed by atoms with Crippen molar-refractivity contribution in [2.75, 3.05) is 21.2 Å². The van der Waals surface area contributed by atoms with Crippen molar-refractivity contribution in [2.45, 2.75) is 0 Å². The van der Waals surface area contributed by atoms with Crippen molar-refractivity contribution in [1.82, 2.24) is 9.88 Å². The van der Waals surface area contributed by atoms with E-state index in [-0.39, 0.29) is 0 Å². The van der Waals surface area contributed by atoms with E-state index in [1.165, 1.54) is 0 Å². The normalized spacial score (nSPS) is 11.2. The van der Waals surface area contributed by atoms with Gasteiger partial charge in [0, 0.05) is 20.2 Å². The summed E-state index contributed by atoms with van der Waals surface area (Å²) in [5.74, 6) is 0.820. The highest BCUT2D eigenvalue weighted by molar-refractivity contribution is 7.22. The molecule has 2 aromatic rings. The van der Waals surface area contributed by atoms with E-state index in [2.05, 4.69) is 9.98 Å². The van der Waals surface area contributed by atoms with Crippen LogP contribution in [0.15, 0.2) is 23.2 Å². The zero-order chi connectivity index (χ0) is 11.5. The number of aromatic nitrogens is 1. The third kappa shape index (κ3) is 2.30. The lowest BCUT2D eigenvalue weighted by Crippen LogP contribution is -2.06. The van der Waals surface area contributed by atoms with Crippen molar-refractivity contribution in [1.29, 1.82) is 0 Å². The highest BCUT2D eigenvalue weighted by Crippen LogP contribution is 2.30. The van der Waals surface area contributed by atoms with E-state index >= 15 is 0 Å². The second kappa shape index (κ2) is 4.49. The van der Waals surface area contributed by atoms with Crippen LogP contribution >= 0.6 is 11.3 Å². The second-order valence-electron chi connectivity index (χ2n) is 3.54. The fraction of sp³-hybridized carbons (Fsp3) is 0.273. The number of fused-ring (bicyclic) bond motifs is 1. The summed E-state index contributed by atoms with van der Waals surface area (Å²) in [6.07, 6.45) is 1.74. The summed E-state index contributed by atoms with van der Waals surface area (Å²) in [4.78, 5) is 10.6. The summed E-state index contributed by atoms with van der Waals surface area (Å²) in [6.45, 7) is 0. The van der Waals surface area contributed by atoms with Gasteiger partial charge in [0.1, 0.15) is 5.75 Å². The molecule has 0 amide bonds. The van der Waals surface area contributed by atoms with Gasteiger partial charge in [-0.05, 0) is 12.1 Å². The van der Waals surface area contributed by atoms with Gasteiger partial charge in [-0.1, -0.05) is 11.3 Å². The van der Waals surface area contributed by atoms with Crippen LogP contribution in [0.4, 0.5) is 5.13 Å². The van der Waals surface area contributed by atoms with Crippen molar-refractivity contribution in [3.63, 3.8) is 0 Å². The number of aliphatic imine (C=N–C) groups is 1. The van der Waals surface area contributed by atoms with Crippen LogP contribution in [0.1, 0.15) is 0 Å². The Kier molecular flexibility index (Phi) is 3.05. The van der Waals surface area contributed by atoms with Gasteiger partial charge in [-0.2, -0.15) is 0 Å². The number of nitrogens with zero attached hydrogens (tertiary/aromatic N) is 3. The molecule has 0 aliphatic heterocycles. The Bertz CT molecular complexity index is 519. The van der Waals surface area contributed by atoms with Crippen LogP contribution in [0.25, 0.3) is 10.2 Å². The summed E-state index contributed by atoms with van der Waals surface area (Å²) in [6, 6.07) is 5.85. The monoisotopic (exact) mass is 235 g/mol. The Morgan fingerprint density at radius 1 is 1.44 bits per heavy atom. The minimum Gasteiger partial charge on any atom is -0.497 e. The molecule has 0 saturated carbocycles. The lowest BCUT2D eigenvalue weighted by Gasteiger charge is -1.99. The Labute approximate surface area is 98.2 Å². The molecule has 0 atom stereocenters. The van der Waals surface area contributed by atoms with Crippen LogP contribution in [-0.2, 0) is 0 Å². The molecule has 16 heavy (non-hydrogen) atoms. The molecule has 5 heteroatoms. The first-order valence-electron chi connectivity index (χ1n) is 4.84. The molecule has 84 valence electrons. The van der Waals surface area contributed by atoms with E-state index in [4.69, 9.17) is 4.74 Å². The van der Waals surface area contributed by atoms with Crippen molar-refractivity contribution in [3.05, 3.63) is 18.2 Å². The van der Waals surface area contributed by atoms with Gasteiger partial charge in [0.05, 0.1) is 23.7 Å². The fourth-order valence-corrected chi connectivity index (χ4v) is 2.03. The van der Waals surface area contributed by atoms with E-state index in [0.717, 1.165) is 21.1 Å². The molecule has 1 aromatic heterocycles. The molecule has 1 aromatic carbocycles. The summed E-state index contributed by atoms with van der Waals surface area (Å²) in [7, 11) is 5.51. The highest BCUT2D eigenvalue weighted by atomic mass is 32.1. The van der Waals surface area contributed by atoms with Crippen LogP contribution in [0.2, 0.25) is 0 Å². The third-order valence-corrected chi connectivity index (χ3v) is 2.93. The van der Waals surface area contributed by atoms with E-state index in [9.17, 15) is 0 Å². The van der Waals surface area contributed by atoms with Gasteiger partial charge >= 0.3 is 0 Å². The van der Waals surface area contributed by atoms with Gasteiger partial charge < -0.3 is 9.64 Å². The maximum absolute atomic E-state index is 5.15. The van der Waals surface area contributed by atoms with Crippen LogP contribution in [0, 0.1) is 0 Å². The summed E-state index contributed by atoms with van der Waals surface area (Å²) < 4.78 is 6.27. The standard InChI is InChI=1S/C11H13N3OS/c1-14(2)7-12-11-13-9-6-8(15-3)4-5-10(9)16-11/h4-7H,1-3H3. The number of rotatable bonds is 3. The Balaban J connectivity index is 2.36. The molecule has 0 saturated heterocycles. The van der Waals surface area contributed by atoms with Crippen molar-refractivity contribution < 1.29 is 4.74 Å². The second-order valence-corrected chi connectivity index (χ2v) is 4.55. The Morgan fingerprint density at radius 3 is 2.94 bits per heavy atom. The molecule has 0 N–H and O–H groups in total. The molecule has 0 fully saturated rings. The number of methoxy groups -OCH3 is 1. The van der Waals surface area contributed by atoms with Crippen LogP contribution in [0.3, 0.4) is 0 Å². The molecular weight excluding hydrogens is 222 g/mol. The number of ether oxygens (including phenoxy) is 1.